The molecule has 0 fully saturated rings. The SMILES string of the molecule is CC(C)NCCC(C)(O)c1cncnc1. The highest BCUT2D eigenvalue weighted by molar-refractivity contribution is 5.12. The molecule has 1 unspecified atom stereocenters. The Hall–Kier alpha value is -1.00. The molecule has 0 bridgehead atoms. The molecule has 0 aromatic carbocycles. The Kier molecular flexibility index (Phi) is 4.17. The second-order valence-corrected chi connectivity index (χ2v) is 4.26. The lowest BCUT2D eigenvalue weighted by Gasteiger charge is -2.23. The normalized spacial score (nSPS) is 15.3. The van der Waals surface area contributed by atoms with E-state index in [1.807, 2.05) is 0 Å². The molecule has 4 nitrogen and oxygen atoms in total. The molecule has 0 aliphatic rings. The summed E-state index contributed by atoms with van der Waals surface area (Å²) >= 11 is 0. The van der Waals surface area contributed by atoms with E-state index >= 15 is 0 Å². The van der Waals surface area contributed by atoms with Crippen LogP contribution in [0.5, 0.6) is 0 Å². The van der Waals surface area contributed by atoms with E-state index in [1.54, 1.807) is 19.3 Å². The Balaban J connectivity index is 2.52. The van der Waals surface area contributed by atoms with Crippen LogP contribution in [0, 0.1) is 0 Å². The van der Waals surface area contributed by atoms with Crippen LogP contribution >= 0.6 is 0 Å². The van der Waals surface area contributed by atoms with Gasteiger partial charge in [-0.1, -0.05) is 13.8 Å². The zero-order valence-electron chi connectivity index (χ0n) is 9.57. The van der Waals surface area contributed by atoms with Crippen molar-refractivity contribution in [3.05, 3.63) is 24.3 Å². The summed E-state index contributed by atoms with van der Waals surface area (Å²) in [6.45, 7) is 6.73. The summed E-state index contributed by atoms with van der Waals surface area (Å²) in [7, 11) is 0. The van der Waals surface area contributed by atoms with Crippen molar-refractivity contribution >= 4 is 0 Å². The molecule has 4 heteroatoms. The van der Waals surface area contributed by atoms with Crippen LogP contribution in [0.25, 0.3) is 0 Å². The Labute approximate surface area is 90.8 Å². The van der Waals surface area contributed by atoms with Gasteiger partial charge in [0.25, 0.3) is 0 Å². The van der Waals surface area contributed by atoms with Crippen molar-refractivity contribution in [2.75, 3.05) is 6.54 Å². The lowest BCUT2D eigenvalue weighted by atomic mass is 9.95. The molecule has 0 spiro atoms. The number of nitrogens with one attached hydrogen (secondary N) is 1. The molecule has 1 atom stereocenters. The number of aliphatic hydroxyl groups is 1. The predicted octanol–water partition coefficient (Wildman–Crippen LogP) is 1.07. The molecule has 1 aromatic heterocycles. The van der Waals surface area contributed by atoms with Gasteiger partial charge in [-0.3, -0.25) is 0 Å². The minimum Gasteiger partial charge on any atom is -0.385 e. The van der Waals surface area contributed by atoms with Crippen LogP contribution in [0.4, 0.5) is 0 Å². The first-order valence-electron chi connectivity index (χ1n) is 5.23. The van der Waals surface area contributed by atoms with Gasteiger partial charge in [-0.05, 0) is 19.9 Å². The average Bonchev–Trinajstić information content (AvgIpc) is 2.18. The zero-order valence-corrected chi connectivity index (χ0v) is 9.57. The fourth-order valence-corrected chi connectivity index (χ4v) is 1.33. The summed E-state index contributed by atoms with van der Waals surface area (Å²) in [5.74, 6) is 0. The third-order valence-electron chi connectivity index (χ3n) is 2.35. The molecule has 84 valence electrons. The molecular formula is C11H19N3O. The minimum atomic E-state index is -0.858. The Morgan fingerprint density at radius 2 is 2.00 bits per heavy atom. The summed E-state index contributed by atoms with van der Waals surface area (Å²) < 4.78 is 0. The van der Waals surface area contributed by atoms with Crippen LogP contribution in [0.15, 0.2) is 18.7 Å². The molecule has 0 radical (unpaired) electrons. The van der Waals surface area contributed by atoms with E-state index < -0.39 is 5.60 Å². The van der Waals surface area contributed by atoms with Gasteiger partial charge in [0.05, 0.1) is 5.60 Å². The first kappa shape index (κ1) is 12.1. The highest BCUT2D eigenvalue weighted by Gasteiger charge is 2.22. The third-order valence-corrected chi connectivity index (χ3v) is 2.35. The fraction of sp³-hybridized carbons (Fsp3) is 0.636. The maximum Gasteiger partial charge on any atom is 0.115 e. The quantitative estimate of drug-likeness (QED) is 0.761. The van der Waals surface area contributed by atoms with Gasteiger partial charge in [-0.15, -0.1) is 0 Å². The zero-order chi connectivity index (χ0) is 11.3. The number of aromatic nitrogens is 2. The van der Waals surface area contributed by atoms with E-state index in [9.17, 15) is 5.11 Å². The van der Waals surface area contributed by atoms with Crippen molar-refractivity contribution in [3.8, 4) is 0 Å². The van der Waals surface area contributed by atoms with Crippen molar-refractivity contribution < 1.29 is 5.11 Å². The van der Waals surface area contributed by atoms with Crippen LogP contribution in [-0.2, 0) is 5.60 Å². The van der Waals surface area contributed by atoms with E-state index in [0.29, 0.717) is 12.5 Å². The number of nitrogens with zero attached hydrogens (tertiary/aromatic N) is 2. The number of hydrogen-bond acceptors (Lipinski definition) is 4. The van der Waals surface area contributed by atoms with Crippen LogP contribution in [-0.4, -0.2) is 27.7 Å². The first-order chi connectivity index (χ1) is 7.02. The fourth-order valence-electron chi connectivity index (χ4n) is 1.33. The molecule has 1 rings (SSSR count). The van der Waals surface area contributed by atoms with Gasteiger partial charge in [-0.2, -0.15) is 0 Å². The van der Waals surface area contributed by atoms with Gasteiger partial charge in [0.1, 0.15) is 6.33 Å². The van der Waals surface area contributed by atoms with Crippen molar-refractivity contribution in [1.82, 2.24) is 15.3 Å². The summed E-state index contributed by atoms with van der Waals surface area (Å²) in [5, 5.41) is 13.4. The third kappa shape index (κ3) is 3.93. The number of hydrogen-bond donors (Lipinski definition) is 2. The molecule has 0 aliphatic carbocycles. The van der Waals surface area contributed by atoms with Crippen molar-refractivity contribution in [1.29, 1.82) is 0 Å². The van der Waals surface area contributed by atoms with Gasteiger partial charge < -0.3 is 10.4 Å². The largest absolute Gasteiger partial charge is 0.385 e. The lowest BCUT2D eigenvalue weighted by molar-refractivity contribution is 0.0468. The Morgan fingerprint density at radius 1 is 1.40 bits per heavy atom. The van der Waals surface area contributed by atoms with E-state index in [0.717, 1.165) is 12.1 Å². The minimum absolute atomic E-state index is 0.438. The molecule has 0 saturated heterocycles. The maximum absolute atomic E-state index is 10.2. The topological polar surface area (TPSA) is 58.0 Å². The van der Waals surface area contributed by atoms with Crippen LogP contribution < -0.4 is 5.32 Å². The molecule has 15 heavy (non-hydrogen) atoms. The van der Waals surface area contributed by atoms with Gasteiger partial charge >= 0.3 is 0 Å². The Bertz CT molecular complexity index is 285. The molecular weight excluding hydrogens is 190 g/mol. The number of rotatable bonds is 5. The van der Waals surface area contributed by atoms with Crippen LogP contribution in [0.2, 0.25) is 0 Å². The van der Waals surface area contributed by atoms with E-state index in [-0.39, 0.29) is 0 Å². The van der Waals surface area contributed by atoms with Crippen molar-refractivity contribution in [2.45, 2.75) is 38.8 Å². The van der Waals surface area contributed by atoms with Gasteiger partial charge in [0.2, 0.25) is 0 Å². The summed E-state index contributed by atoms with van der Waals surface area (Å²) in [6, 6.07) is 0.438. The molecule has 0 amide bonds. The average molecular weight is 209 g/mol. The van der Waals surface area contributed by atoms with E-state index in [4.69, 9.17) is 0 Å². The lowest BCUT2D eigenvalue weighted by Crippen LogP contribution is -2.31. The molecule has 2 N–H and O–H groups in total. The molecule has 0 saturated carbocycles. The van der Waals surface area contributed by atoms with Gasteiger partial charge in [0, 0.05) is 24.0 Å². The highest BCUT2D eigenvalue weighted by Crippen LogP contribution is 2.21. The molecule has 0 aliphatic heterocycles. The summed E-state index contributed by atoms with van der Waals surface area (Å²) in [5.41, 5.74) is -0.0982. The second-order valence-electron chi connectivity index (χ2n) is 4.26. The second kappa shape index (κ2) is 5.19. The maximum atomic E-state index is 10.2. The molecule has 1 heterocycles. The summed E-state index contributed by atoms with van der Waals surface area (Å²) in [4.78, 5) is 7.81. The standard InChI is InChI=1S/C11H19N3O/c1-9(2)14-5-4-11(3,15)10-6-12-8-13-7-10/h6-9,14-15H,4-5H2,1-3H3. The predicted molar refractivity (Wildman–Crippen MR) is 59.4 cm³/mol. The van der Waals surface area contributed by atoms with E-state index in [1.165, 1.54) is 6.33 Å². The Morgan fingerprint density at radius 3 is 2.53 bits per heavy atom. The monoisotopic (exact) mass is 209 g/mol. The molecule has 1 aromatic rings. The van der Waals surface area contributed by atoms with Crippen molar-refractivity contribution in [2.24, 2.45) is 0 Å². The first-order valence-corrected chi connectivity index (χ1v) is 5.23. The van der Waals surface area contributed by atoms with E-state index in [2.05, 4.69) is 29.1 Å². The van der Waals surface area contributed by atoms with Crippen LogP contribution in [0.3, 0.4) is 0 Å². The van der Waals surface area contributed by atoms with Gasteiger partial charge in [0.15, 0.2) is 0 Å². The highest BCUT2D eigenvalue weighted by atomic mass is 16.3. The van der Waals surface area contributed by atoms with Crippen LogP contribution in [0.1, 0.15) is 32.8 Å². The van der Waals surface area contributed by atoms with Crippen molar-refractivity contribution in [3.63, 3.8) is 0 Å². The summed E-state index contributed by atoms with van der Waals surface area (Å²) in [6.07, 6.45) is 5.43. The smallest absolute Gasteiger partial charge is 0.115 e. The van der Waals surface area contributed by atoms with Gasteiger partial charge in [-0.25, -0.2) is 9.97 Å².